The molecule has 0 saturated heterocycles. The summed E-state index contributed by atoms with van der Waals surface area (Å²) in [6, 6.07) is 1.60. The van der Waals surface area contributed by atoms with E-state index in [0.29, 0.717) is 28.8 Å². The van der Waals surface area contributed by atoms with Gasteiger partial charge in [-0.25, -0.2) is 9.48 Å². The Morgan fingerprint density at radius 2 is 2.44 bits per heavy atom. The fourth-order valence-corrected chi connectivity index (χ4v) is 2.12. The Hall–Kier alpha value is -1.83. The number of carbonyl (C=O) groups excluding carboxylic acids is 1. The molecule has 0 aromatic carbocycles. The first kappa shape index (κ1) is 12.6. The summed E-state index contributed by atoms with van der Waals surface area (Å²) >= 11 is 1.39. The Kier molecular flexibility index (Phi) is 3.98. The molecule has 0 N–H and O–H groups in total. The molecule has 0 aliphatic rings. The summed E-state index contributed by atoms with van der Waals surface area (Å²) in [6.45, 7) is 2.10. The summed E-state index contributed by atoms with van der Waals surface area (Å²) in [5.74, 6) is 0.648. The van der Waals surface area contributed by atoms with Crippen molar-refractivity contribution in [3.8, 4) is 0 Å². The van der Waals surface area contributed by atoms with Crippen LogP contribution in [0.1, 0.15) is 23.0 Å². The van der Waals surface area contributed by atoms with E-state index in [2.05, 4.69) is 15.5 Å². The smallest absolute Gasteiger partial charge is 0.341 e. The van der Waals surface area contributed by atoms with Crippen molar-refractivity contribution in [1.29, 1.82) is 0 Å². The molecule has 0 aliphatic carbocycles. The summed E-state index contributed by atoms with van der Waals surface area (Å²) < 4.78 is 11.8. The Balaban J connectivity index is 2.04. The van der Waals surface area contributed by atoms with Crippen LogP contribution in [0.4, 0.5) is 0 Å². The number of carbonyl (C=O) groups is 1. The van der Waals surface area contributed by atoms with Gasteiger partial charge in [-0.15, -0.1) is 5.10 Å². The van der Waals surface area contributed by atoms with Crippen LogP contribution in [0.5, 0.6) is 0 Å². The van der Waals surface area contributed by atoms with E-state index in [1.165, 1.54) is 18.0 Å². The number of furan rings is 1. The van der Waals surface area contributed by atoms with E-state index in [4.69, 9.17) is 9.15 Å². The molecule has 0 aliphatic heterocycles. The topological polar surface area (TPSA) is 83.0 Å². The molecule has 96 valence electrons. The van der Waals surface area contributed by atoms with E-state index in [9.17, 15) is 4.79 Å². The van der Waals surface area contributed by atoms with Crippen LogP contribution in [-0.2, 0) is 17.5 Å². The molecule has 2 rings (SSSR count). The second-order valence-corrected chi connectivity index (χ2v) is 4.29. The zero-order valence-electron chi connectivity index (χ0n) is 9.99. The van der Waals surface area contributed by atoms with E-state index in [1.54, 1.807) is 24.7 Å². The van der Waals surface area contributed by atoms with Gasteiger partial charge in [0.15, 0.2) is 0 Å². The molecule has 0 bridgehead atoms. The zero-order chi connectivity index (χ0) is 13.0. The largest absolute Gasteiger partial charge is 0.468 e. The maximum Gasteiger partial charge on any atom is 0.341 e. The number of thioether (sulfide) groups is 1. The molecular weight excluding hydrogens is 256 g/mol. The number of hydrogen-bond acceptors (Lipinski definition) is 7. The van der Waals surface area contributed by atoms with Gasteiger partial charge in [0.05, 0.1) is 18.6 Å². The van der Waals surface area contributed by atoms with Gasteiger partial charge in [-0.1, -0.05) is 11.8 Å². The lowest BCUT2D eigenvalue weighted by Crippen LogP contribution is -2.05. The van der Waals surface area contributed by atoms with Crippen molar-refractivity contribution in [2.45, 2.75) is 17.8 Å². The standard InChI is InChI=1S/C10H12N4O3S/c1-3-16-9(15)7-4-5-17-8(7)6-18-10-11-12-13-14(10)2/h4-5H,3,6H2,1-2H3. The van der Waals surface area contributed by atoms with Crippen LogP contribution in [0.15, 0.2) is 21.9 Å². The lowest BCUT2D eigenvalue weighted by Gasteiger charge is -2.02. The average molecular weight is 268 g/mol. The summed E-state index contributed by atoms with van der Waals surface area (Å²) in [7, 11) is 1.75. The molecule has 2 aromatic rings. The van der Waals surface area contributed by atoms with Gasteiger partial charge in [0.1, 0.15) is 11.3 Å². The van der Waals surface area contributed by atoms with Gasteiger partial charge in [0.2, 0.25) is 5.16 Å². The third kappa shape index (κ3) is 2.70. The van der Waals surface area contributed by atoms with Gasteiger partial charge in [-0.3, -0.25) is 0 Å². The van der Waals surface area contributed by atoms with Crippen LogP contribution in [0.2, 0.25) is 0 Å². The van der Waals surface area contributed by atoms with Crippen LogP contribution < -0.4 is 0 Å². The number of tetrazole rings is 1. The SMILES string of the molecule is CCOC(=O)c1ccoc1CSc1nnnn1C. The molecule has 18 heavy (non-hydrogen) atoms. The van der Waals surface area contributed by atoms with Crippen LogP contribution in [0.3, 0.4) is 0 Å². The lowest BCUT2D eigenvalue weighted by molar-refractivity contribution is 0.0524. The van der Waals surface area contributed by atoms with Gasteiger partial charge < -0.3 is 9.15 Å². The number of nitrogens with zero attached hydrogens (tertiary/aromatic N) is 4. The predicted octanol–water partition coefficient (Wildman–Crippen LogP) is 1.27. The van der Waals surface area contributed by atoms with E-state index < -0.39 is 0 Å². The van der Waals surface area contributed by atoms with E-state index in [-0.39, 0.29) is 5.97 Å². The summed E-state index contributed by atoms with van der Waals surface area (Å²) in [5.41, 5.74) is 0.444. The molecule has 0 radical (unpaired) electrons. The zero-order valence-corrected chi connectivity index (χ0v) is 10.8. The normalized spacial score (nSPS) is 10.6. The van der Waals surface area contributed by atoms with Crippen molar-refractivity contribution in [2.24, 2.45) is 7.05 Å². The molecule has 2 heterocycles. The van der Waals surface area contributed by atoms with Gasteiger partial charge in [0.25, 0.3) is 0 Å². The van der Waals surface area contributed by atoms with Gasteiger partial charge in [-0.2, -0.15) is 0 Å². The molecule has 0 fully saturated rings. The van der Waals surface area contributed by atoms with Gasteiger partial charge >= 0.3 is 5.97 Å². The van der Waals surface area contributed by atoms with Crippen molar-refractivity contribution in [3.63, 3.8) is 0 Å². The second kappa shape index (κ2) is 5.67. The number of esters is 1. The highest BCUT2D eigenvalue weighted by Gasteiger charge is 2.16. The number of ether oxygens (including phenoxy) is 1. The van der Waals surface area contributed by atoms with E-state index >= 15 is 0 Å². The van der Waals surface area contributed by atoms with E-state index in [1.807, 2.05) is 0 Å². The fraction of sp³-hybridized carbons (Fsp3) is 0.400. The molecule has 0 saturated carbocycles. The highest BCUT2D eigenvalue weighted by molar-refractivity contribution is 7.98. The monoisotopic (exact) mass is 268 g/mol. The summed E-state index contributed by atoms with van der Waals surface area (Å²) in [5, 5.41) is 11.7. The first-order valence-corrected chi connectivity index (χ1v) is 6.29. The van der Waals surface area contributed by atoms with Crippen molar-refractivity contribution < 1.29 is 13.9 Å². The molecule has 0 unspecified atom stereocenters. The number of rotatable bonds is 5. The first-order chi connectivity index (χ1) is 8.72. The first-order valence-electron chi connectivity index (χ1n) is 5.31. The molecular formula is C10H12N4O3S. The van der Waals surface area contributed by atoms with Crippen LogP contribution in [0, 0.1) is 0 Å². The Labute approximate surface area is 107 Å². The lowest BCUT2D eigenvalue weighted by atomic mass is 10.3. The van der Waals surface area contributed by atoms with Crippen molar-refractivity contribution in [1.82, 2.24) is 20.2 Å². The maximum atomic E-state index is 11.6. The third-order valence-corrected chi connectivity index (χ3v) is 3.16. The minimum atomic E-state index is -0.377. The van der Waals surface area contributed by atoms with Crippen LogP contribution in [-0.4, -0.2) is 32.8 Å². The second-order valence-electron chi connectivity index (χ2n) is 3.35. The summed E-state index contributed by atoms with van der Waals surface area (Å²) in [4.78, 5) is 11.6. The van der Waals surface area contributed by atoms with Crippen LogP contribution in [0.25, 0.3) is 0 Å². The minimum Gasteiger partial charge on any atom is -0.468 e. The average Bonchev–Trinajstić information content (AvgIpc) is 2.95. The third-order valence-electron chi connectivity index (χ3n) is 2.15. The molecule has 7 nitrogen and oxygen atoms in total. The maximum absolute atomic E-state index is 11.6. The molecule has 0 atom stereocenters. The molecule has 8 heteroatoms. The number of aromatic nitrogens is 4. The number of hydrogen-bond donors (Lipinski definition) is 0. The fourth-order valence-electron chi connectivity index (χ4n) is 1.32. The van der Waals surface area contributed by atoms with Gasteiger partial charge in [-0.05, 0) is 23.4 Å². The molecule has 2 aromatic heterocycles. The van der Waals surface area contributed by atoms with Crippen molar-refractivity contribution in [3.05, 3.63) is 23.7 Å². The Morgan fingerprint density at radius 1 is 1.61 bits per heavy atom. The van der Waals surface area contributed by atoms with Crippen LogP contribution >= 0.6 is 11.8 Å². The Morgan fingerprint density at radius 3 is 3.11 bits per heavy atom. The quantitative estimate of drug-likeness (QED) is 0.596. The Bertz CT molecular complexity index is 537. The minimum absolute atomic E-state index is 0.337. The van der Waals surface area contributed by atoms with Crippen molar-refractivity contribution in [2.75, 3.05) is 6.61 Å². The van der Waals surface area contributed by atoms with Gasteiger partial charge in [0, 0.05) is 7.05 Å². The number of aryl methyl sites for hydroxylation is 1. The molecule has 0 amide bonds. The van der Waals surface area contributed by atoms with Crippen molar-refractivity contribution >= 4 is 17.7 Å². The molecule has 0 spiro atoms. The summed E-state index contributed by atoms with van der Waals surface area (Å²) in [6.07, 6.45) is 1.47. The predicted molar refractivity (Wildman–Crippen MR) is 63.0 cm³/mol. The van der Waals surface area contributed by atoms with E-state index in [0.717, 1.165) is 0 Å². The highest BCUT2D eigenvalue weighted by Crippen LogP contribution is 2.23. The highest BCUT2D eigenvalue weighted by atomic mass is 32.2.